The number of aryl methyl sites for hydroxylation is 1. The second-order valence-corrected chi connectivity index (χ2v) is 8.52. The molecular formula is C20H24N2O3S. The monoisotopic (exact) mass is 372 g/mol. The lowest BCUT2D eigenvalue weighted by Crippen LogP contribution is -2.36. The molecule has 0 aromatic heterocycles. The van der Waals surface area contributed by atoms with E-state index >= 15 is 0 Å². The SMILES string of the molecule is Cc1cccc(NC(=O)c2ccc(S(=O)(=O)NC3CCCCC3)cc2)c1. The molecule has 0 spiro atoms. The van der Waals surface area contributed by atoms with Crippen LogP contribution < -0.4 is 10.0 Å². The smallest absolute Gasteiger partial charge is 0.255 e. The number of rotatable bonds is 5. The number of anilines is 1. The van der Waals surface area contributed by atoms with Crippen molar-refractivity contribution in [1.82, 2.24) is 4.72 Å². The fourth-order valence-corrected chi connectivity index (χ4v) is 4.52. The third-order valence-electron chi connectivity index (χ3n) is 4.63. The van der Waals surface area contributed by atoms with Crippen molar-refractivity contribution in [1.29, 1.82) is 0 Å². The molecule has 1 saturated carbocycles. The Balaban J connectivity index is 1.68. The highest BCUT2D eigenvalue weighted by Crippen LogP contribution is 2.20. The first-order valence-corrected chi connectivity index (χ1v) is 10.4. The van der Waals surface area contributed by atoms with E-state index in [0.29, 0.717) is 11.3 Å². The molecule has 0 radical (unpaired) electrons. The molecule has 3 rings (SSSR count). The number of benzene rings is 2. The average molecular weight is 372 g/mol. The van der Waals surface area contributed by atoms with Crippen LogP contribution in [0, 0.1) is 6.92 Å². The fourth-order valence-electron chi connectivity index (χ4n) is 3.22. The lowest BCUT2D eigenvalue weighted by Gasteiger charge is -2.22. The molecule has 138 valence electrons. The Morgan fingerprint density at radius 2 is 1.69 bits per heavy atom. The summed E-state index contributed by atoms with van der Waals surface area (Å²) >= 11 is 0. The summed E-state index contributed by atoms with van der Waals surface area (Å²) in [5.41, 5.74) is 2.19. The van der Waals surface area contributed by atoms with Crippen LogP contribution in [0.2, 0.25) is 0 Å². The first-order chi connectivity index (χ1) is 12.4. The standard InChI is InChI=1S/C20H24N2O3S/c1-15-6-5-9-18(14-15)21-20(23)16-10-12-19(13-11-16)26(24,25)22-17-7-3-2-4-8-17/h5-6,9-14,17,22H,2-4,7-8H2,1H3,(H,21,23). The molecule has 1 aliphatic carbocycles. The van der Waals surface area contributed by atoms with Gasteiger partial charge in [0.1, 0.15) is 0 Å². The third kappa shape index (κ3) is 4.71. The van der Waals surface area contributed by atoms with E-state index in [1.165, 1.54) is 18.6 Å². The van der Waals surface area contributed by atoms with Crippen molar-refractivity contribution in [3.05, 3.63) is 59.7 Å². The molecule has 1 fully saturated rings. The molecule has 0 bridgehead atoms. The van der Waals surface area contributed by atoms with Gasteiger partial charge in [0, 0.05) is 17.3 Å². The van der Waals surface area contributed by atoms with Gasteiger partial charge >= 0.3 is 0 Å². The van der Waals surface area contributed by atoms with Crippen molar-refractivity contribution in [3.8, 4) is 0 Å². The second kappa shape index (κ2) is 8.01. The Morgan fingerprint density at radius 3 is 2.35 bits per heavy atom. The predicted octanol–water partition coefficient (Wildman–Crippen LogP) is 3.86. The molecule has 0 saturated heterocycles. The number of sulfonamides is 1. The first-order valence-electron chi connectivity index (χ1n) is 8.94. The Morgan fingerprint density at radius 1 is 1.00 bits per heavy atom. The molecule has 6 heteroatoms. The van der Waals surface area contributed by atoms with Gasteiger partial charge in [-0.1, -0.05) is 31.4 Å². The number of hydrogen-bond donors (Lipinski definition) is 2. The van der Waals surface area contributed by atoms with Gasteiger partial charge in [0.2, 0.25) is 10.0 Å². The van der Waals surface area contributed by atoms with Gasteiger partial charge in [0.25, 0.3) is 5.91 Å². The van der Waals surface area contributed by atoms with Crippen LogP contribution in [0.4, 0.5) is 5.69 Å². The molecular weight excluding hydrogens is 348 g/mol. The number of amides is 1. The molecule has 1 amide bonds. The van der Waals surface area contributed by atoms with Gasteiger partial charge < -0.3 is 5.32 Å². The minimum Gasteiger partial charge on any atom is -0.322 e. The normalized spacial score (nSPS) is 15.6. The molecule has 1 aliphatic rings. The largest absolute Gasteiger partial charge is 0.322 e. The summed E-state index contributed by atoms with van der Waals surface area (Å²) in [5.74, 6) is -0.264. The summed E-state index contributed by atoms with van der Waals surface area (Å²) in [4.78, 5) is 12.5. The van der Waals surface area contributed by atoms with E-state index in [0.717, 1.165) is 31.2 Å². The number of nitrogens with one attached hydrogen (secondary N) is 2. The lowest BCUT2D eigenvalue weighted by atomic mass is 9.96. The van der Waals surface area contributed by atoms with Crippen molar-refractivity contribution in [2.75, 3.05) is 5.32 Å². The predicted molar refractivity (Wildman–Crippen MR) is 103 cm³/mol. The van der Waals surface area contributed by atoms with E-state index in [9.17, 15) is 13.2 Å². The lowest BCUT2D eigenvalue weighted by molar-refractivity contribution is 0.102. The van der Waals surface area contributed by atoms with E-state index < -0.39 is 10.0 Å². The highest BCUT2D eigenvalue weighted by Gasteiger charge is 2.22. The molecule has 0 unspecified atom stereocenters. The Bertz CT molecular complexity index is 870. The van der Waals surface area contributed by atoms with Crippen molar-refractivity contribution in [2.24, 2.45) is 0 Å². The third-order valence-corrected chi connectivity index (χ3v) is 6.17. The summed E-state index contributed by atoms with van der Waals surface area (Å²) in [5, 5.41) is 2.82. The fraction of sp³-hybridized carbons (Fsp3) is 0.350. The van der Waals surface area contributed by atoms with Crippen LogP contribution in [0.3, 0.4) is 0 Å². The van der Waals surface area contributed by atoms with Crippen molar-refractivity contribution in [3.63, 3.8) is 0 Å². The molecule has 2 aromatic rings. The van der Waals surface area contributed by atoms with Crippen LogP contribution in [-0.4, -0.2) is 20.4 Å². The number of hydrogen-bond acceptors (Lipinski definition) is 3. The van der Waals surface area contributed by atoms with Gasteiger partial charge in [-0.05, 0) is 61.7 Å². The zero-order valence-electron chi connectivity index (χ0n) is 14.9. The highest BCUT2D eigenvalue weighted by molar-refractivity contribution is 7.89. The summed E-state index contributed by atoms with van der Waals surface area (Å²) in [6, 6.07) is 13.6. The molecule has 26 heavy (non-hydrogen) atoms. The maximum Gasteiger partial charge on any atom is 0.255 e. The molecule has 2 aromatic carbocycles. The molecule has 5 nitrogen and oxygen atoms in total. The van der Waals surface area contributed by atoms with Crippen molar-refractivity contribution in [2.45, 2.75) is 50.0 Å². The number of carbonyl (C=O) groups is 1. The van der Waals surface area contributed by atoms with E-state index in [2.05, 4.69) is 10.0 Å². The average Bonchev–Trinajstić information content (AvgIpc) is 2.62. The minimum atomic E-state index is -3.55. The quantitative estimate of drug-likeness (QED) is 0.837. The summed E-state index contributed by atoms with van der Waals surface area (Å²) in [6.07, 6.45) is 5.06. The molecule has 2 N–H and O–H groups in total. The van der Waals surface area contributed by atoms with Gasteiger partial charge in [0.05, 0.1) is 4.90 Å². The first kappa shape index (κ1) is 18.6. The van der Waals surface area contributed by atoms with Crippen LogP contribution in [0.1, 0.15) is 48.0 Å². The molecule has 0 aliphatic heterocycles. The Hall–Kier alpha value is -2.18. The summed E-state index contributed by atoms with van der Waals surface area (Å²) < 4.78 is 27.8. The van der Waals surface area contributed by atoms with Crippen LogP contribution in [0.5, 0.6) is 0 Å². The van der Waals surface area contributed by atoms with Crippen LogP contribution in [0.25, 0.3) is 0 Å². The second-order valence-electron chi connectivity index (χ2n) is 6.80. The van der Waals surface area contributed by atoms with Gasteiger partial charge in [-0.3, -0.25) is 4.79 Å². The van der Waals surface area contributed by atoms with E-state index in [1.54, 1.807) is 12.1 Å². The van der Waals surface area contributed by atoms with Crippen LogP contribution >= 0.6 is 0 Å². The molecule has 0 atom stereocenters. The zero-order chi connectivity index (χ0) is 18.6. The molecule has 0 heterocycles. The van der Waals surface area contributed by atoms with Crippen molar-refractivity contribution >= 4 is 21.6 Å². The van der Waals surface area contributed by atoms with E-state index in [-0.39, 0.29) is 16.8 Å². The topological polar surface area (TPSA) is 75.3 Å². The summed E-state index contributed by atoms with van der Waals surface area (Å²) in [7, 11) is -3.55. The zero-order valence-corrected chi connectivity index (χ0v) is 15.7. The van der Waals surface area contributed by atoms with Gasteiger partial charge in [-0.15, -0.1) is 0 Å². The Labute approximate surface area is 154 Å². The van der Waals surface area contributed by atoms with E-state index in [1.807, 2.05) is 31.2 Å². The van der Waals surface area contributed by atoms with E-state index in [4.69, 9.17) is 0 Å². The number of carbonyl (C=O) groups excluding carboxylic acids is 1. The van der Waals surface area contributed by atoms with Gasteiger partial charge in [0.15, 0.2) is 0 Å². The minimum absolute atomic E-state index is 0.0121. The Kier molecular flexibility index (Phi) is 5.74. The maximum absolute atomic E-state index is 12.5. The van der Waals surface area contributed by atoms with Crippen LogP contribution in [-0.2, 0) is 10.0 Å². The van der Waals surface area contributed by atoms with Crippen molar-refractivity contribution < 1.29 is 13.2 Å². The highest BCUT2D eigenvalue weighted by atomic mass is 32.2. The van der Waals surface area contributed by atoms with Gasteiger partial charge in [-0.2, -0.15) is 0 Å². The van der Waals surface area contributed by atoms with Gasteiger partial charge in [-0.25, -0.2) is 13.1 Å². The summed E-state index contributed by atoms with van der Waals surface area (Å²) in [6.45, 7) is 1.95. The maximum atomic E-state index is 12.5. The van der Waals surface area contributed by atoms with Crippen LogP contribution in [0.15, 0.2) is 53.4 Å².